The van der Waals surface area contributed by atoms with Crippen molar-refractivity contribution in [1.29, 1.82) is 0 Å². The normalized spacial score (nSPS) is 28.9. The monoisotopic (exact) mass is 276 g/mol. The van der Waals surface area contributed by atoms with Gasteiger partial charge >= 0.3 is 0 Å². The summed E-state index contributed by atoms with van der Waals surface area (Å²) >= 11 is 0. The molecule has 0 aliphatic carbocycles. The zero-order chi connectivity index (χ0) is 13.2. The van der Waals surface area contributed by atoms with Crippen molar-refractivity contribution in [3.05, 3.63) is 0 Å². The highest BCUT2D eigenvalue weighted by molar-refractivity contribution is 7.86. The predicted octanol–water partition coefficient (Wildman–Crippen LogP) is 0.810. The molecule has 5 nitrogen and oxygen atoms in total. The summed E-state index contributed by atoms with van der Waals surface area (Å²) in [6, 6.07) is 0.186. The van der Waals surface area contributed by atoms with Gasteiger partial charge in [-0.05, 0) is 38.0 Å². The van der Waals surface area contributed by atoms with E-state index in [1.807, 2.05) is 0 Å². The van der Waals surface area contributed by atoms with E-state index in [1.165, 1.54) is 0 Å². The van der Waals surface area contributed by atoms with Gasteiger partial charge in [-0.1, -0.05) is 6.92 Å². The fraction of sp³-hybridized carbons (Fsp3) is 1.00. The third kappa shape index (κ3) is 2.71. The molecule has 2 aliphatic heterocycles. The van der Waals surface area contributed by atoms with E-state index in [1.54, 1.807) is 8.61 Å². The van der Waals surface area contributed by atoms with Crippen molar-refractivity contribution in [1.82, 2.24) is 8.61 Å². The Bertz CT molecular complexity index is 364. The van der Waals surface area contributed by atoms with Crippen LogP contribution in [0, 0.1) is 5.92 Å². The van der Waals surface area contributed by atoms with Crippen LogP contribution >= 0.6 is 0 Å². The summed E-state index contributed by atoms with van der Waals surface area (Å²) in [5, 5.41) is 9.09. The largest absolute Gasteiger partial charge is 0.396 e. The smallest absolute Gasteiger partial charge is 0.282 e. The highest BCUT2D eigenvalue weighted by Gasteiger charge is 2.38. The van der Waals surface area contributed by atoms with Crippen molar-refractivity contribution in [2.45, 2.75) is 45.1 Å². The zero-order valence-electron chi connectivity index (χ0n) is 11.1. The number of piperidine rings is 1. The van der Waals surface area contributed by atoms with Crippen molar-refractivity contribution in [3.8, 4) is 0 Å². The molecular formula is C12H24N2O3S. The molecule has 18 heavy (non-hydrogen) atoms. The Morgan fingerprint density at radius 3 is 2.39 bits per heavy atom. The van der Waals surface area contributed by atoms with Crippen LogP contribution in [0.1, 0.15) is 39.0 Å². The maximum atomic E-state index is 12.5. The van der Waals surface area contributed by atoms with E-state index in [0.29, 0.717) is 19.6 Å². The second-order valence-electron chi connectivity index (χ2n) is 5.35. The maximum absolute atomic E-state index is 12.5. The summed E-state index contributed by atoms with van der Waals surface area (Å²) in [6.45, 7) is 4.01. The van der Waals surface area contributed by atoms with E-state index in [4.69, 9.17) is 5.11 Å². The molecule has 0 saturated carbocycles. The number of aliphatic hydroxyl groups is 1. The van der Waals surface area contributed by atoms with Gasteiger partial charge in [0.1, 0.15) is 0 Å². The predicted molar refractivity (Wildman–Crippen MR) is 70.3 cm³/mol. The van der Waals surface area contributed by atoms with Crippen LogP contribution in [-0.2, 0) is 10.2 Å². The molecule has 0 amide bonds. The van der Waals surface area contributed by atoms with Crippen LogP contribution in [0.2, 0.25) is 0 Å². The second kappa shape index (κ2) is 5.86. The Kier molecular flexibility index (Phi) is 4.64. The first-order valence-electron chi connectivity index (χ1n) is 6.97. The van der Waals surface area contributed by atoms with Crippen LogP contribution in [0.4, 0.5) is 0 Å². The molecule has 106 valence electrons. The molecule has 0 aromatic rings. The Morgan fingerprint density at radius 2 is 1.83 bits per heavy atom. The summed E-state index contributed by atoms with van der Waals surface area (Å²) in [5.74, 6) is 0.275. The van der Waals surface area contributed by atoms with Crippen molar-refractivity contribution < 1.29 is 13.5 Å². The van der Waals surface area contributed by atoms with Gasteiger partial charge in [0.05, 0.1) is 0 Å². The lowest BCUT2D eigenvalue weighted by atomic mass is 10.00. The van der Waals surface area contributed by atoms with Gasteiger partial charge in [-0.15, -0.1) is 0 Å². The number of aliphatic hydroxyl groups excluding tert-OH is 1. The molecule has 0 bridgehead atoms. The maximum Gasteiger partial charge on any atom is 0.282 e. The van der Waals surface area contributed by atoms with Crippen LogP contribution < -0.4 is 0 Å². The van der Waals surface area contributed by atoms with Gasteiger partial charge in [0.2, 0.25) is 0 Å². The summed E-state index contributed by atoms with van der Waals surface area (Å²) in [5.41, 5.74) is 0. The van der Waals surface area contributed by atoms with E-state index in [9.17, 15) is 8.42 Å². The molecule has 2 heterocycles. The Morgan fingerprint density at radius 1 is 1.17 bits per heavy atom. The van der Waals surface area contributed by atoms with Crippen LogP contribution in [0.5, 0.6) is 0 Å². The van der Waals surface area contributed by atoms with Gasteiger partial charge in [0.25, 0.3) is 10.2 Å². The Balaban J connectivity index is 2.03. The molecular weight excluding hydrogens is 252 g/mol. The summed E-state index contributed by atoms with van der Waals surface area (Å²) in [6.07, 6.45) is 4.42. The molecule has 6 heteroatoms. The van der Waals surface area contributed by atoms with Crippen molar-refractivity contribution in [2.75, 3.05) is 26.2 Å². The summed E-state index contributed by atoms with van der Waals surface area (Å²) < 4.78 is 28.4. The van der Waals surface area contributed by atoms with Gasteiger partial charge in [-0.2, -0.15) is 17.0 Å². The van der Waals surface area contributed by atoms with E-state index in [0.717, 1.165) is 32.1 Å². The van der Waals surface area contributed by atoms with Crippen LogP contribution in [-0.4, -0.2) is 54.4 Å². The van der Waals surface area contributed by atoms with Crippen LogP contribution in [0.15, 0.2) is 0 Å². The van der Waals surface area contributed by atoms with Crippen molar-refractivity contribution in [2.24, 2.45) is 5.92 Å². The van der Waals surface area contributed by atoms with Crippen LogP contribution in [0.3, 0.4) is 0 Å². The third-order valence-corrected chi connectivity index (χ3v) is 6.34. The molecule has 2 aliphatic rings. The fourth-order valence-corrected chi connectivity index (χ4v) is 4.95. The zero-order valence-corrected chi connectivity index (χ0v) is 11.9. The second-order valence-corrected chi connectivity index (χ2v) is 7.23. The third-order valence-electron chi connectivity index (χ3n) is 4.25. The van der Waals surface area contributed by atoms with Crippen molar-refractivity contribution in [3.63, 3.8) is 0 Å². The number of nitrogens with zero attached hydrogens (tertiary/aromatic N) is 2. The SMILES string of the molecule is CCC1CCCN1S(=O)(=O)N1CCC(CO)CC1. The summed E-state index contributed by atoms with van der Waals surface area (Å²) in [7, 11) is -3.27. The van der Waals surface area contributed by atoms with E-state index in [-0.39, 0.29) is 18.6 Å². The first kappa shape index (κ1) is 14.2. The molecule has 1 unspecified atom stereocenters. The lowest BCUT2D eigenvalue weighted by molar-refractivity contribution is 0.165. The molecule has 2 fully saturated rings. The minimum atomic E-state index is -3.27. The molecule has 0 spiro atoms. The standard InChI is InChI=1S/C12H24N2O3S/c1-2-12-4-3-7-14(12)18(16,17)13-8-5-11(10-15)6-9-13/h11-12,15H,2-10H2,1H3. The van der Waals surface area contributed by atoms with Gasteiger partial charge in [-0.25, -0.2) is 0 Å². The van der Waals surface area contributed by atoms with Crippen LogP contribution in [0.25, 0.3) is 0 Å². The highest BCUT2D eigenvalue weighted by Crippen LogP contribution is 2.28. The highest BCUT2D eigenvalue weighted by atomic mass is 32.2. The average molecular weight is 276 g/mol. The first-order chi connectivity index (χ1) is 8.59. The molecule has 0 aromatic heterocycles. The topological polar surface area (TPSA) is 60.9 Å². The number of rotatable bonds is 4. The molecule has 0 aromatic carbocycles. The van der Waals surface area contributed by atoms with Gasteiger partial charge in [0.15, 0.2) is 0 Å². The van der Waals surface area contributed by atoms with Gasteiger partial charge in [-0.3, -0.25) is 0 Å². The molecule has 1 N–H and O–H groups in total. The van der Waals surface area contributed by atoms with Gasteiger partial charge in [0, 0.05) is 32.3 Å². The average Bonchev–Trinajstić information content (AvgIpc) is 2.88. The Labute approximate surface area is 110 Å². The van der Waals surface area contributed by atoms with Gasteiger partial charge < -0.3 is 5.11 Å². The van der Waals surface area contributed by atoms with Crippen molar-refractivity contribution >= 4 is 10.2 Å². The molecule has 2 rings (SSSR count). The summed E-state index contributed by atoms with van der Waals surface area (Å²) in [4.78, 5) is 0. The van der Waals surface area contributed by atoms with E-state index < -0.39 is 10.2 Å². The molecule has 0 radical (unpaired) electrons. The molecule has 1 atom stereocenters. The number of hydrogen-bond donors (Lipinski definition) is 1. The van der Waals surface area contributed by atoms with E-state index in [2.05, 4.69) is 6.92 Å². The lowest BCUT2D eigenvalue weighted by Crippen LogP contribution is -2.48. The lowest BCUT2D eigenvalue weighted by Gasteiger charge is -2.34. The Hall–Kier alpha value is -0.170. The number of hydrogen-bond acceptors (Lipinski definition) is 3. The molecule has 2 saturated heterocycles. The van der Waals surface area contributed by atoms with E-state index >= 15 is 0 Å². The minimum absolute atomic E-state index is 0.176. The minimum Gasteiger partial charge on any atom is -0.396 e. The quantitative estimate of drug-likeness (QED) is 0.826. The first-order valence-corrected chi connectivity index (χ1v) is 8.37. The fourth-order valence-electron chi connectivity index (χ4n) is 2.99.